The molecule has 0 saturated heterocycles. The first kappa shape index (κ1) is 15.8. The van der Waals surface area contributed by atoms with E-state index in [1.54, 1.807) is 6.92 Å². The third-order valence-electron chi connectivity index (χ3n) is 5.09. The van der Waals surface area contributed by atoms with Crippen molar-refractivity contribution in [3.8, 4) is 0 Å². The van der Waals surface area contributed by atoms with E-state index in [-0.39, 0.29) is 18.2 Å². The van der Waals surface area contributed by atoms with Gasteiger partial charge in [-0.25, -0.2) is 0 Å². The minimum absolute atomic E-state index is 0.143. The molecule has 0 unspecified atom stereocenters. The number of carbonyl (C=O) groups excluding carboxylic acids is 2. The Morgan fingerprint density at radius 3 is 2.80 bits per heavy atom. The average molecular weight is 340 g/mol. The Labute approximate surface area is 145 Å². The van der Waals surface area contributed by atoms with Gasteiger partial charge in [0.15, 0.2) is 5.82 Å². The van der Waals surface area contributed by atoms with E-state index in [0.717, 1.165) is 31.2 Å². The van der Waals surface area contributed by atoms with E-state index < -0.39 is 11.5 Å². The summed E-state index contributed by atoms with van der Waals surface area (Å²) in [6.45, 7) is 1.74. The number of aromatic nitrogens is 2. The number of anilines is 1. The first-order valence-corrected chi connectivity index (χ1v) is 8.59. The fourth-order valence-corrected chi connectivity index (χ4v) is 3.84. The van der Waals surface area contributed by atoms with E-state index >= 15 is 0 Å². The molecular weight excluding hydrogens is 320 g/mol. The number of fused-ring (bicyclic) bond motifs is 1. The highest BCUT2D eigenvalue weighted by Crippen LogP contribution is 2.39. The third kappa shape index (κ3) is 2.79. The van der Waals surface area contributed by atoms with Crippen LogP contribution in [0.25, 0.3) is 0 Å². The van der Waals surface area contributed by atoms with Crippen molar-refractivity contribution >= 4 is 17.5 Å². The minimum Gasteiger partial charge on any atom is -0.343 e. The number of amides is 2. The number of hydrogen-bond donors (Lipinski definition) is 2. The van der Waals surface area contributed by atoms with Crippen LogP contribution in [0.15, 0.2) is 28.8 Å². The first-order chi connectivity index (χ1) is 12.1. The quantitative estimate of drug-likeness (QED) is 0.894. The maximum Gasteiger partial charge on any atom is 0.228 e. The van der Waals surface area contributed by atoms with Gasteiger partial charge in [-0.2, -0.15) is 4.98 Å². The molecule has 2 amide bonds. The largest absolute Gasteiger partial charge is 0.343 e. The Hall–Kier alpha value is -2.70. The van der Waals surface area contributed by atoms with Gasteiger partial charge in [0.05, 0.1) is 5.92 Å². The summed E-state index contributed by atoms with van der Waals surface area (Å²) in [6.07, 6.45) is 3.69. The number of carbonyl (C=O) groups is 2. The molecule has 130 valence electrons. The second kappa shape index (κ2) is 5.98. The van der Waals surface area contributed by atoms with Gasteiger partial charge in [0.2, 0.25) is 17.7 Å². The maximum absolute atomic E-state index is 13.1. The van der Waals surface area contributed by atoms with Crippen molar-refractivity contribution in [2.24, 2.45) is 0 Å². The van der Waals surface area contributed by atoms with Gasteiger partial charge in [-0.3, -0.25) is 9.59 Å². The van der Waals surface area contributed by atoms with Crippen molar-refractivity contribution in [3.05, 3.63) is 41.5 Å². The molecular formula is C18H20N4O3. The van der Waals surface area contributed by atoms with E-state index in [9.17, 15) is 9.59 Å². The van der Waals surface area contributed by atoms with Crippen molar-refractivity contribution in [3.63, 3.8) is 0 Å². The Bertz CT molecular complexity index is 823. The molecule has 1 aromatic carbocycles. The summed E-state index contributed by atoms with van der Waals surface area (Å²) in [5.41, 5.74) is 0.948. The van der Waals surface area contributed by atoms with Crippen LogP contribution in [0, 0.1) is 6.92 Å². The topological polar surface area (TPSA) is 97.1 Å². The summed E-state index contributed by atoms with van der Waals surface area (Å²) >= 11 is 0. The molecule has 2 N–H and O–H groups in total. The molecule has 2 heterocycles. The molecule has 7 nitrogen and oxygen atoms in total. The van der Waals surface area contributed by atoms with Crippen LogP contribution in [0.3, 0.4) is 0 Å². The number of aryl methyl sites for hydroxylation is 1. The van der Waals surface area contributed by atoms with Crippen LogP contribution in [0.4, 0.5) is 5.69 Å². The van der Waals surface area contributed by atoms with Crippen molar-refractivity contribution in [1.29, 1.82) is 0 Å². The van der Waals surface area contributed by atoms with E-state index in [2.05, 4.69) is 20.8 Å². The maximum atomic E-state index is 13.1. The molecule has 2 aromatic rings. The van der Waals surface area contributed by atoms with Crippen molar-refractivity contribution in [2.75, 3.05) is 5.32 Å². The third-order valence-corrected chi connectivity index (χ3v) is 5.09. The van der Waals surface area contributed by atoms with Gasteiger partial charge in [0, 0.05) is 19.0 Å². The fraction of sp³-hybridized carbons (Fsp3) is 0.444. The summed E-state index contributed by atoms with van der Waals surface area (Å²) in [6, 6.07) is 7.43. The molecule has 1 fully saturated rings. The van der Waals surface area contributed by atoms with Crippen LogP contribution in [0.5, 0.6) is 0 Å². The lowest BCUT2D eigenvalue weighted by molar-refractivity contribution is -0.128. The summed E-state index contributed by atoms with van der Waals surface area (Å²) in [5.74, 6) is 0.208. The van der Waals surface area contributed by atoms with Gasteiger partial charge < -0.3 is 15.2 Å². The number of benzene rings is 1. The Morgan fingerprint density at radius 1 is 1.32 bits per heavy atom. The second-order valence-electron chi connectivity index (χ2n) is 6.81. The van der Waals surface area contributed by atoms with Crippen molar-refractivity contribution < 1.29 is 14.1 Å². The zero-order valence-corrected chi connectivity index (χ0v) is 14.0. The first-order valence-electron chi connectivity index (χ1n) is 8.59. The zero-order valence-electron chi connectivity index (χ0n) is 14.0. The van der Waals surface area contributed by atoms with Crippen molar-refractivity contribution in [2.45, 2.75) is 50.5 Å². The standard InChI is InChI=1S/C18H20N4O3/c1-11-19-17(22-25-11)18(8-4-5-9-18)21-16(24)13-10-15(23)20-14-7-3-2-6-12(13)14/h2-3,6-7,13H,4-5,8-10H2,1H3,(H,20,23)(H,21,24)/t13-/m1/s1. The molecule has 4 rings (SSSR count). The average Bonchev–Trinajstić information content (AvgIpc) is 3.24. The highest BCUT2D eigenvalue weighted by Gasteiger charge is 2.43. The highest BCUT2D eigenvalue weighted by molar-refractivity contribution is 6.01. The predicted molar refractivity (Wildman–Crippen MR) is 89.8 cm³/mol. The molecule has 1 aliphatic carbocycles. The van der Waals surface area contributed by atoms with Crippen LogP contribution in [0.2, 0.25) is 0 Å². The summed E-state index contributed by atoms with van der Waals surface area (Å²) in [7, 11) is 0. The molecule has 0 radical (unpaired) electrons. The lowest BCUT2D eigenvalue weighted by Gasteiger charge is -2.31. The van der Waals surface area contributed by atoms with Crippen LogP contribution in [-0.2, 0) is 15.1 Å². The lowest BCUT2D eigenvalue weighted by atomic mass is 9.88. The number of nitrogens with one attached hydrogen (secondary N) is 2. The molecule has 0 bridgehead atoms. The number of hydrogen-bond acceptors (Lipinski definition) is 5. The molecule has 25 heavy (non-hydrogen) atoms. The van der Waals surface area contributed by atoms with Gasteiger partial charge in [-0.15, -0.1) is 0 Å². The minimum atomic E-state index is -0.599. The van der Waals surface area contributed by atoms with Crippen LogP contribution < -0.4 is 10.6 Å². The molecule has 1 aromatic heterocycles. The molecule has 1 saturated carbocycles. The zero-order chi connectivity index (χ0) is 17.4. The van der Waals surface area contributed by atoms with Gasteiger partial charge >= 0.3 is 0 Å². The highest BCUT2D eigenvalue weighted by atomic mass is 16.5. The fourth-order valence-electron chi connectivity index (χ4n) is 3.84. The normalized spacial score (nSPS) is 21.5. The second-order valence-corrected chi connectivity index (χ2v) is 6.81. The van der Waals surface area contributed by atoms with Crippen LogP contribution in [0.1, 0.15) is 55.3 Å². The van der Waals surface area contributed by atoms with Crippen LogP contribution in [-0.4, -0.2) is 22.0 Å². The van der Waals surface area contributed by atoms with E-state index in [1.807, 2.05) is 24.3 Å². The Morgan fingerprint density at radius 2 is 2.08 bits per heavy atom. The predicted octanol–water partition coefficient (Wildman–Crippen LogP) is 2.39. The summed E-state index contributed by atoms with van der Waals surface area (Å²) < 4.78 is 5.13. The van der Waals surface area contributed by atoms with Gasteiger partial charge in [-0.05, 0) is 24.5 Å². The molecule has 7 heteroatoms. The Kier molecular flexibility index (Phi) is 3.78. The Balaban J connectivity index is 1.64. The van der Waals surface area contributed by atoms with Gasteiger partial charge in [0.1, 0.15) is 5.54 Å². The van der Waals surface area contributed by atoms with Crippen LogP contribution >= 0.6 is 0 Å². The van der Waals surface area contributed by atoms with E-state index in [0.29, 0.717) is 17.4 Å². The number of nitrogens with zero attached hydrogens (tertiary/aromatic N) is 2. The van der Waals surface area contributed by atoms with Crippen molar-refractivity contribution in [1.82, 2.24) is 15.5 Å². The SMILES string of the molecule is Cc1nc(C2(NC(=O)[C@@H]3CC(=O)Nc4ccccc43)CCCC2)no1. The molecule has 0 spiro atoms. The van der Waals surface area contributed by atoms with Gasteiger partial charge in [-0.1, -0.05) is 36.2 Å². The van der Waals surface area contributed by atoms with Gasteiger partial charge in [0.25, 0.3) is 0 Å². The molecule has 1 atom stereocenters. The smallest absolute Gasteiger partial charge is 0.228 e. The van der Waals surface area contributed by atoms with E-state index in [1.165, 1.54) is 0 Å². The number of para-hydroxylation sites is 1. The molecule has 1 aliphatic heterocycles. The summed E-state index contributed by atoms with van der Waals surface area (Å²) in [5, 5.41) is 10.0. The van der Waals surface area contributed by atoms with E-state index in [4.69, 9.17) is 4.52 Å². The lowest BCUT2D eigenvalue weighted by Crippen LogP contribution is -2.47. The molecule has 2 aliphatic rings. The number of rotatable bonds is 3. The monoisotopic (exact) mass is 340 g/mol. The summed E-state index contributed by atoms with van der Waals surface area (Å²) in [4.78, 5) is 29.4.